The van der Waals surface area contributed by atoms with Gasteiger partial charge in [-0.05, 0) is 25.3 Å². The lowest BCUT2D eigenvalue weighted by atomic mass is 10.1. The predicted octanol–water partition coefficient (Wildman–Crippen LogP) is 2.41. The molecule has 3 aromatic heterocycles. The second kappa shape index (κ2) is 7.31. The number of carbonyl (C=O) groups excluding carboxylic acids is 1. The van der Waals surface area contributed by atoms with Crippen LogP contribution in [0.25, 0.3) is 5.65 Å². The number of fused-ring (bicyclic) bond motifs is 5. The number of halogens is 2. The Labute approximate surface area is 170 Å². The van der Waals surface area contributed by atoms with Crippen LogP contribution < -0.4 is 10.2 Å². The van der Waals surface area contributed by atoms with E-state index >= 15 is 0 Å². The molecule has 3 aliphatic rings. The summed E-state index contributed by atoms with van der Waals surface area (Å²) in [7, 11) is 1.52. The first kappa shape index (κ1) is 18.9. The minimum absolute atomic E-state index is 0.0324. The summed E-state index contributed by atoms with van der Waals surface area (Å²) in [6, 6.07) is 2.13. The van der Waals surface area contributed by atoms with Gasteiger partial charge in [-0.3, -0.25) is 9.48 Å². The van der Waals surface area contributed by atoms with Crippen molar-refractivity contribution in [1.29, 1.82) is 0 Å². The summed E-state index contributed by atoms with van der Waals surface area (Å²) >= 11 is 0. The minimum atomic E-state index is -2.80. The number of amides is 1. The summed E-state index contributed by atoms with van der Waals surface area (Å²) < 4.78 is 35.0. The van der Waals surface area contributed by atoms with Crippen molar-refractivity contribution in [3.8, 4) is 0 Å². The van der Waals surface area contributed by atoms with Crippen LogP contribution in [0.4, 0.5) is 20.3 Å². The summed E-state index contributed by atoms with van der Waals surface area (Å²) in [5.41, 5.74) is 0.0669. The molecule has 6 heterocycles. The number of nitrogens with one attached hydrogen (secondary N) is 1. The molecular formula is C19H21F2N7O2. The molecule has 0 radical (unpaired) electrons. The maximum atomic E-state index is 13.2. The highest BCUT2D eigenvalue weighted by Gasteiger charge is 2.33. The van der Waals surface area contributed by atoms with Crippen LogP contribution in [0, 0.1) is 0 Å². The van der Waals surface area contributed by atoms with Crippen molar-refractivity contribution in [1.82, 2.24) is 24.4 Å². The van der Waals surface area contributed by atoms with Crippen LogP contribution in [0.15, 0.2) is 24.7 Å². The molecule has 2 unspecified atom stereocenters. The monoisotopic (exact) mass is 417 g/mol. The van der Waals surface area contributed by atoms with Gasteiger partial charge in [-0.2, -0.15) is 10.2 Å². The molecule has 3 aromatic rings. The Morgan fingerprint density at radius 1 is 1.37 bits per heavy atom. The molecule has 2 atom stereocenters. The fourth-order valence-electron chi connectivity index (χ4n) is 4.17. The van der Waals surface area contributed by atoms with E-state index in [1.165, 1.54) is 28.6 Å². The Morgan fingerprint density at radius 3 is 3.07 bits per heavy atom. The van der Waals surface area contributed by atoms with Gasteiger partial charge in [0.2, 0.25) is 0 Å². The standard InChI is InChI=1S/C19H21F2N7O2/c1-26-9-14(16(25-26)17(20)21)23-19(29)13-7-22-28-6-5-15(24-18(13)28)27-8-12-4-2-3-11(27)10-30-12/h5-7,9,11-12,17H,2-4,8,10H2,1H3,(H,23,29). The lowest BCUT2D eigenvalue weighted by Gasteiger charge is -2.37. The number of nitrogens with zero attached hydrogens (tertiary/aromatic N) is 6. The number of anilines is 2. The van der Waals surface area contributed by atoms with E-state index in [9.17, 15) is 13.6 Å². The lowest BCUT2D eigenvalue weighted by Crippen LogP contribution is -2.47. The number of hydrogen-bond donors (Lipinski definition) is 1. The van der Waals surface area contributed by atoms with Crippen molar-refractivity contribution in [3.05, 3.63) is 35.9 Å². The first-order chi connectivity index (χ1) is 14.5. The molecule has 0 saturated carbocycles. The van der Waals surface area contributed by atoms with Crippen LogP contribution in [-0.4, -0.2) is 55.6 Å². The zero-order valence-corrected chi connectivity index (χ0v) is 16.3. The molecular weight excluding hydrogens is 396 g/mol. The molecule has 9 nitrogen and oxygen atoms in total. The van der Waals surface area contributed by atoms with Gasteiger partial charge in [0.1, 0.15) is 11.4 Å². The number of alkyl halides is 2. The van der Waals surface area contributed by atoms with Gasteiger partial charge in [0.15, 0.2) is 11.3 Å². The van der Waals surface area contributed by atoms with Gasteiger partial charge in [-0.15, -0.1) is 0 Å². The Bertz CT molecular complexity index is 1090. The van der Waals surface area contributed by atoms with E-state index in [1.807, 2.05) is 6.07 Å². The van der Waals surface area contributed by atoms with E-state index in [1.54, 1.807) is 6.20 Å². The zero-order chi connectivity index (χ0) is 20.8. The SMILES string of the molecule is Cn1cc(NC(=O)c2cnn3ccc(N4CC5CCCC4CO5)nc23)c(C(F)F)n1. The maximum absolute atomic E-state index is 13.2. The molecule has 3 aliphatic heterocycles. The van der Waals surface area contributed by atoms with E-state index in [2.05, 4.69) is 25.4 Å². The molecule has 2 bridgehead atoms. The molecule has 3 fully saturated rings. The van der Waals surface area contributed by atoms with E-state index in [4.69, 9.17) is 4.74 Å². The third kappa shape index (κ3) is 3.28. The third-order valence-electron chi connectivity index (χ3n) is 5.63. The second-order valence-electron chi connectivity index (χ2n) is 7.66. The van der Waals surface area contributed by atoms with Crippen LogP contribution >= 0.6 is 0 Å². The molecule has 3 saturated heterocycles. The molecule has 30 heavy (non-hydrogen) atoms. The van der Waals surface area contributed by atoms with Crippen LogP contribution in [0.2, 0.25) is 0 Å². The average Bonchev–Trinajstić information content (AvgIpc) is 3.15. The summed E-state index contributed by atoms with van der Waals surface area (Å²) in [4.78, 5) is 19.7. The van der Waals surface area contributed by atoms with E-state index < -0.39 is 18.0 Å². The van der Waals surface area contributed by atoms with Crippen LogP contribution in [0.1, 0.15) is 41.7 Å². The summed E-state index contributed by atoms with van der Waals surface area (Å²) in [5, 5.41) is 10.4. The summed E-state index contributed by atoms with van der Waals surface area (Å²) in [5.74, 6) is 0.192. The van der Waals surface area contributed by atoms with Crippen molar-refractivity contribution in [2.45, 2.75) is 37.8 Å². The van der Waals surface area contributed by atoms with Crippen molar-refractivity contribution >= 4 is 23.1 Å². The quantitative estimate of drug-likeness (QED) is 0.701. The highest BCUT2D eigenvalue weighted by Crippen LogP contribution is 2.30. The van der Waals surface area contributed by atoms with Gasteiger partial charge in [-0.25, -0.2) is 18.3 Å². The van der Waals surface area contributed by atoms with Gasteiger partial charge in [0.05, 0.1) is 30.6 Å². The van der Waals surface area contributed by atoms with Crippen molar-refractivity contribution in [2.24, 2.45) is 7.05 Å². The molecule has 11 heteroatoms. The van der Waals surface area contributed by atoms with Crippen LogP contribution in [0.5, 0.6) is 0 Å². The average molecular weight is 417 g/mol. The molecule has 0 aliphatic carbocycles. The first-order valence-corrected chi connectivity index (χ1v) is 9.85. The number of hydrogen-bond acceptors (Lipinski definition) is 6. The van der Waals surface area contributed by atoms with Gasteiger partial charge in [0.25, 0.3) is 12.3 Å². The van der Waals surface area contributed by atoms with Crippen LogP contribution in [-0.2, 0) is 11.8 Å². The Kier molecular flexibility index (Phi) is 4.61. The number of morpholine rings is 1. The topological polar surface area (TPSA) is 89.6 Å². The molecule has 6 rings (SSSR count). The Hall–Kier alpha value is -3.08. The van der Waals surface area contributed by atoms with Crippen molar-refractivity contribution in [3.63, 3.8) is 0 Å². The summed E-state index contributed by atoms with van der Waals surface area (Å²) in [6.07, 6.45) is 5.06. The van der Waals surface area contributed by atoms with Gasteiger partial charge >= 0.3 is 0 Å². The number of ether oxygens (including phenoxy) is 1. The van der Waals surface area contributed by atoms with Crippen molar-refractivity contribution in [2.75, 3.05) is 23.4 Å². The van der Waals surface area contributed by atoms with Gasteiger partial charge in [0, 0.05) is 26.0 Å². The maximum Gasteiger partial charge on any atom is 0.284 e. The fraction of sp³-hybridized carbons (Fsp3) is 0.474. The molecule has 0 spiro atoms. The molecule has 1 amide bonds. The Morgan fingerprint density at radius 2 is 2.23 bits per heavy atom. The van der Waals surface area contributed by atoms with Gasteiger partial charge in [-0.1, -0.05) is 0 Å². The summed E-state index contributed by atoms with van der Waals surface area (Å²) in [6.45, 7) is 1.43. The van der Waals surface area contributed by atoms with E-state index in [0.717, 1.165) is 31.6 Å². The lowest BCUT2D eigenvalue weighted by molar-refractivity contribution is 0.0305. The molecule has 158 valence electrons. The van der Waals surface area contributed by atoms with Crippen LogP contribution in [0.3, 0.4) is 0 Å². The normalized spacial score (nSPS) is 21.4. The third-order valence-corrected chi connectivity index (χ3v) is 5.63. The number of carbonyl (C=O) groups is 1. The number of aromatic nitrogens is 5. The van der Waals surface area contributed by atoms with E-state index in [-0.39, 0.29) is 23.4 Å². The largest absolute Gasteiger partial charge is 0.374 e. The number of aryl methyl sites for hydroxylation is 1. The molecule has 0 aromatic carbocycles. The minimum Gasteiger partial charge on any atom is -0.374 e. The molecule has 1 N–H and O–H groups in total. The van der Waals surface area contributed by atoms with E-state index in [0.29, 0.717) is 12.3 Å². The van der Waals surface area contributed by atoms with Gasteiger partial charge < -0.3 is 15.0 Å². The smallest absolute Gasteiger partial charge is 0.284 e. The Balaban J connectivity index is 1.45. The zero-order valence-electron chi connectivity index (χ0n) is 16.3. The van der Waals surface area contributed by atoms with Crippen molar-refractivity contribution < 1.29 is 18.3 Å². The fourth-order valence-corrected chi connectivity index (χ4v) is 4.17. The highest BCUT2D eigenvalue weighted by atomic mass is 19.3. The first-order valence-electron chi connectivity index (χ1n) is 9.85. The highest BCUT2D eigenvalue weighted by molar-refractivity contribution is 6.08. The number of rotatable bonds is 4. The second-order valence-corrected chi connectivity index (χ2v) is 7.66. The predicted molar refractivity (Wildman–Crippen MR) is 104 cm³/mol.